The predicted molar refractivity (Wildman–Crippen MR) is 86.4 cm³/mol. The second-order valence-electron chi connectivity index (χ2n) is 6.10. The predicted octanol–water partition coefficient (Wildman–Crippen LogP) is 2.53. The highest BCUT2D eigenvalue weighted by atomic mass is 16.7. The van der Waals surface area contributed by atoms with E-state index in [4.69, 9.17) is 9.47 Å². The van der Waals surface area contributed by atoms with Crippen LogP contribution in [-0.4, -0.2) is 23.5 Å². The van der Waals surface area contributed by atoms with Crippen molar-refractivity contribution in [3.8, 4) is 11.5 Å². The van der Waals surface area contributed by atoms with E-state index in [2.05, 4.69) is 0 Å². The zero-order valence-electron chi connectivity index (χ0n) is 13.1. The molecule has 0 spiro atoms. The highest BCUT2D eigenvalue weighted by molar-refractivity contribution is 6.03. The number of hydrogen-bond donors (Lipinski definition) is 0. The Morgan fingerprint density at radius 2 is 1.75 bits per heavy atom. The number of benzene rings is 2. The summed E-state index contributed by atoms with van der Waals surface area (Å²) >= 11 is 0. The first-order valence-corrected chi connectivity index (χ1v) is 7.97. The Hall–Kier alpha value is -2.82. The number of fused-ring (bicyclic) bond motifs is 1. The van der Waals surface area contributed by atoms with Crippen LogP contribution in [-0.2, 0) is 22.6 Å². The molecule has 2 aromatic carbocycles. The minimum atomic E-state index is -0.270. The number of imide groups is 1. The molecule has 0 saturated carbocycles. The van der Waals surface area contributed by atoms with E-state index in [1.165, 1.54) is 4.90 Å². The molecular formula is C19H17NO4. The Morgan fingerprint density at radius 3 is 2.58 bits per heavy atom. The molecule has 24 heavy (non-hydrogen) atoms. The number of nitrogens with zero attached hydrogens (tertiary/aromatic N) is 1. The van der Waals surface area contributed by atoms with E-state index in [1.54, 1.807) is 0 Å². The van der Waals surface area contributed by atoms with Gasteiger partial charge in [-0.1, -0.05) is 36.4 Å². The summed E-state index contributed by atoms with van der Waals surface area (Å²) in [4.78, 5) is 26.2. The zero-order valence-corrected chi connectivity index (χ0v) is 13.1. The Labute approximate surface area is 139 Å². The molecule has 0 N–H and O–H groups in total. The number of carbonyl (C=O) groups excluding carboxylic acids is 2. The molecule has 2 heterocycles. The van der Waals surface area contributed by atoms with Crippen LogP contribution in [0.1, 0.15) is 17.5 Å². The second kappa shape index (κ2) is 6.00. The second-order valence-corrected chi connectivity index (χ2v) is 6.10. The molecule has 0 radical (unpaired) electrons. The third-order valence-corrected chi connectivity index (χ3v) is 4.44. The van der Waals surface area contributed by atoms with Crippen LogP contribution in [0.4, 0.5) is 0 Å². The van der Waals surface area contributed by atoms with Crippen molar-refractivity contribution in [3.05, 3.63) is 59.7 Å². The van der Waals surface area contributed by atoms with Crippen molar-refractivity contribution in [3.63, 3.8) is 0 Å². The minimum Gasteiger partial charge on any atom is -0.454 e. The summed E-state index contributed by atoms with van der Waals surface area (Å²) in [6.45, 7) is 0.485. The lowest BCUT2D eigenvalue weighted by atomic mass is 9.98. The van der Waals surface area contributed by atoms with Crippen LogP contribution in [0.25, 0.3) is 0 Å². The van der Waals surface area contributed by atoms with Crippen LogP contribution in [0.5, 0.6) is 11.5 Å². The highest BCUT2D eigenvalue weighted by Gasteiger charge is 2.38. The van der Waals surface area contributed by atoms with Gasteiger partial charge in [0.2, 0.25) is 18.6 Å². The molecule has 2 aliphatic heterocycles. The minimum absolute atomic E-state index is 0.0958. The number of carbonyl (C=O) groups is 2. The van der Waals surface area contributed by atoms with Gasteiger partial charge in [0.15, 0.2) is 11.5 Å². The van der Waals surface area contributed by atoms with E-state index in [1.807, 2.05) is 48.5 Å². The molecule has 0 aliphatic carbocycles. The maximum Gasteiger partial charge on any atom is 0.233 e. The Balaban J connectivity index is 1.47. The first-order valence-electron chi connectivity index (χ1n) is 7.97. The van der Waals surface area contributed by atoms with Crippen molar-refractivity contribution in [2.45, 2.75) is 19.4 Å². The van der Waals surface area contributed by atoms with Crippen molar-refractivity contribution < 1.29 is 19.1 Å². The lowest BCUT2D eigenvalue weighted by molar-refractivity contribution is -0.140. The molecule has 2 aromatic rings. The Bertz CT molecular complexity index is 787. The Kier molecular flexibility index (Phi) is 3.69. The van der Waals surface area contributed by atoms with E-state index in [9.17, 15) is 9.59 Å². The van der Waals surface area contributed by atoms with Gasteiger partial charge in [0.05, 0.1) is 12.5 Å². The molecule has 0 unspecified atom stereocenters. The Morgan fingerprint density at radius 1 is 0.958 bits per heavy atom. The molecule has 2 amide bonds. The van der Waals surface area contributed by atoms with Crippen LogP contribution in [0.3, 0.4) is 0 Å². The van der Waals surface area contributed by atoms with Crippen molar-refractivity contribution in [2.24, 2.45) is 5.92 Å². The first-order chi connectivity index (χ1) is 11.7. The van der Waals surface area contributed by atoms with Crippen molar-refractivity contribution in [2.75, 3.05) is 6.79 Å². The average Bonchev–Trinajstić information content (AvgIpc) is 3.16. The summed E-state index contributed by atoms with van der Waals surface area (Å²) in [5.41, 5.74) is 1.94. The molecule has 0 aromatic heterocycles. The fourth-order valence-electron chi connectivity index (χ4n) is 3.20. The summed E-state index contributed by atoms with van der Waals surface area (Å²) in [6, 6.07) is 15.3. The van der Waals surface area contributed by atoms with E-state index >= 15 is 0 Å². The number of hydrogen-bond acceptors (Lipinski definition) is 4. The molecule has 2 aliphatic rings. The van der Waals surface area contributed by atoms with Crippen molar-refractivity contribution in [1.29, 1.82) is 0 Å². The van der Waals surface area contributed by atoms with Crippen LogP contribution in [0.15, 0.2) is 48.5 Å². The SMILES string of the molecule is O=C1C[C@H](Cc2ccccc2)C(=O)N1Cc1ccc2c(c1)OCO2. The third kappa shape index (κ3) is 2.73. The van der Waals surface area contributed by atoms with Gasteiger partial charge in [-0.3, -0.25) is 14.5 Å². The van der Waals surface area contributed by atoms with E-state index < -0.39 is 0 Å². The fraction of sp³-hybridized carbons (Fsp3) is 0.263. The third-order valence-electron chi connectivity index (χ3n) is 4.44. The van der Waals surface area contributed by atoms with Gasteiger partial charge in [0.1, 0.15) is 0 Å². The summed E-state index contributed by atoms with van der Waals surface area (Å²) in [6.07, 6.45) is 0.876. The molecule has 4 rings (SSSR count). The van der Waals surface area contributed by atoms with Gasteiger partial charge in [-0.15, -0.1) is 0 Å². The largest absolute Gasteiger partial charge is 0.454 e. The molecular weight excluding hydrogens is 306 g/mol. The van der Waals surface area contributed by atoms with Gasteiger partial charge in [-0.25, -0.2) is 0 Å². The van der Waals surface area contributed by atoms with E-state index in [-0.39, 0.29) is 37.5 Å². The number of likely N-dealkylation sites (tertiary alicyclic amines) is 1. The zero-order chi connectivity index (χ0) is 16.5. The number of amides is 2. The maximum atomic E-state index is 12.6. The summed E-state index contributed by atoms with van der Waals surface area (Å²) < 4.78 is 10.6. The molecule has 5 nitrogen and oxygen atoms in total. The highest BCUT2D eigenvalue weighted by Crippen LogP contribution is 2.33. The van der Waals surface area contributed by atoms with Crippen molar-refractivity contribution in [1.82, 2.24) is 4.90 Å². The quantitative estimate of drug-likeness (QED) is 0.812. The van der Waals surface area contributed by atoms with Crippen LogP contribution in [0, 0.1) is 5.92 Å². The molecule has 1 atom stereocenters. The maximum absolute atomic E-state index is 12.6. The van der Waals surface area contributed by atoms with Gasteiger partial charge in [-0.05, 0) is 29.7 Å². The van der Waals surface area contributed by atoms with Gasteiger partial charge >= 0.3 is 0 Å². The van der Waals surface area contributed by atoms with E-state index in [0.29, 0.717) is 17.9 Å². The van der Waals surface area contributed by atoms with Crippen LogP contribution >= 0.6 is 0 Å². The summed E-state index contributed by atoms with van der Waals surface area (Å²) in [5, 5.41) is 0. The van der Waals surface area contributed by atoms with Gasteiger partial charge in [0, 0.05) is 6.42 Å². The normalized spacial score (nSPS) is 19.2. The fourth-order valence-corrected chi connectivity index (χ4v) is 3.20. The summed E-state index contributed by atoms with van der Waals surface area (Å²) in [5.74, 6) is 0.876. The topological polar surface area (TPSA) is 55.8 Å². The smallest absolute Gasteiger partial charge is 0.233 e. The van der Waals surface area contributed by atoms with Gasteiger partial charge < -0.3 is 9.47 Å². The van der Waals surface area contributed by atoms with Gasteiger partial charge in [-0.2, -0.15) is 0 Å². The van der Waals surface area contributed by atoms with E-state index in [0.717, 1.165) is 11.1 Å². The molecule has 5 heteroatoms. The molecule has 122 valence electrons. The first kappa shape index (κ1) is 14.8. The van der Waals surface area contributed by atoms with Gasteiger partial charge in [0.25, 0.3) is 0 Å². The number of ether oxygens (including phenoxy) is 2. The number of rotatable bonds is 4. The van der Waals surface area contributed by atoms with Crippen LogP contribution < -0.4 is 9.47 Å². The average molecular weight is 323 g/mol. The standard InChI is InChI=1S/C19H17NO4/c21-18-10-15(8-13-4-2-1-3-5-13)19(22)20(18)11-14-6-7-16-17(9-14)24-12-23-16/h1-7,9,15H,8,10-12H2/t15-/m0/s1. The van der Waals surface area contributed by atoms with Crippen LogP contribution in [0.2, 0.25) is 0 Å². The monoisotopic (exact) mass is 323 g/mol. The summed E-state index contributed by atoms with van der Waals surface area (Å²) in [7, 11) is 0. The van der Waals surface area contributed by atoms with Crippen molar-refractivity contribution >= 4 is 11.8 Å². The lowest BCUT2D eigenvalue weighted by Crippen LogP contribution is -2.30. The lowest BCUT2D eigenvalue weighted by Gasteiger charge is -2.15. The molecule has 0 bridgehead atoms. The molecule has 1 saturated heterocycles. The molecule has 1 fully saturated rings.